The first kappa shape index (κ1) is 21.3. The molecule has 7 nitrogen and oxygen atoms in total. The van der Waals surface area contributed by atoms with Gasteiger partial charge in [0.25, 0.3) is 0 Å². The topological polar surface area (TPSA) is 128 Å². The molecule has 10 atom stereocenters. The molecule has 4 aliphatic rings. The van der Waals surface area contributed by atoms with Gasteiger partial charge in [0.1, 0.15) is 6.10 Å². The third-order valence-corrected chi connectivity index (χ3v) is 9.90. The molecule has 0 aromatic carbocycles. The van der Waals surface area contributed by atoms with E-state index in [0.29, 0.717) is 31.2 Å². The molecule has 0 radical (unpaired) electrons. The summed E-state index contributed by atoms with van der Waals surface area (Å²) in [5.74, 6) is -1.67. The van der Waals surface area contributed by atoms with Crippen molar-refractivity contribution in [2.24, 2.45) is 28.6 Å². The Hall–Kier alpha value is -1.54. The summed E-state index contributed by atoms with van der Waals surface area (Å²) in [5, 5.41) is 44.7. The van der Waals surface area contributed by atoms with E-state index in [1.54, 1.807) is 13.0 Å². The smallest absolute Gasteiger partial charge is 0.335 e. The van der Waals surface area contributed by atoms with Crippen molar-refractivity contribution in [1.82, 2.24) is 0 Å². The maximum absolute atomic E-state index is 13.8. The van der Waals surface area contributed by atoms with E-state index in [2.05, 4.69) is 0 Å². The van der Waals surface area contributed by atoms with Crippen LogP contribution >= 0.6 is 0 Å². The van der Waals surface area contributed by atoms with Gasteiger partial charge in [0.15, 0.2) is 5.78 Å². The number of fused-ring (bicyclic) bond motifs is 5. The fourth-order valence-electron chi connectivity index (χ4n) is 8.18. The van der Waals surface area contributed by atoms with Crippen LogP contribution in [0.15, 0.2) is 27.6 Å². The largest absolute Gasteiger partial charge is 0.431 e. The van der Waals surface area contributed by atoms with E-state index in [0.717, 1.165) is 6.42 Å². The van der Waals surface area contributed by atoms with Crippen molar-refractivity contribution in [2.45, 2.75) is 82.2 Å². The maximum atomic E-state index is 13.8. The SMILES string of the molecule is CC12C(O)CC(O)CC1CCC1C2C(O)C(=O)C2(C)C(c3ccc(=O)oc3)CCC12O. The number of hydrogen-bond donors (Lipinski definition) is 4. The molecule has 170 valence electrons. The van der Waals surface area contributed by atoms with Crippen molar-refractivity contribution >= 4 is 5.78 Å². The van der Waals surface area contributed by atoms with Crippen molar-refractivity contribution in [3.8, 4) is 0 Å². The number of hydrogen-bond acceptors (Lipinski definition) is 7. The Morgan fingerprint density at radius 1 is 1.03 bits per heavy atom. The highest BCUT2D eigenvalue weighted by molar-refractivity contribution is 5.93. The fourth-order valence-corrected chi connectivity index (χ4v) is 8.18. The van der Waals surface area contributed by atoms with Crippen LogP contribution in [-0.4, -0.2) is 50.1 Å². The van der Waals surface area contributed by atoms with Gasteiger partial charge in [-0.05, 0) is 68.9 Å². The number of aliphatic hydroxyl groups excluding tert-OH is 3. The minimum atomic E-state index is -1.32. The van der Waals surface area contributed by atoms with Gasteiger partial charge in [0, 0.05) is 23.3 Å². The Balaban J connectivity index is 1.60. The van der Waals surface area contributed by atoms with Crippen molar-refractivity contribution in [3.05, 3.63) is 34.4 Å². The van der Waals surface area contributed by atoms with Crippen LogP contribution in [0.2, 0.25) is 0 Å². The molecule has 10 unspecified atom stereocenters. The molecule has 0 spiro atoms. The first-order valence-electron chi connectivity index (χ1n) is 11.4. The first-order valence-corrected chi connectivity index (χ1v) is 11.4. The molecule has 4 fully saturated rings. The quantitative estimate of drug-likeness (QED) is 0.527. The highest BCUT2D eigenvalue weighted by atomic mass is 16.4. The Morgan fingerprint density at radius 2 is 1.77 bits per heavy atom. The van der Waals surface area contributed by atoms with Crippen LogP contribution in [0.1, 0.15) is 63.9 Å². The second-order valence-electron chi connectivity index (χ2n) is 10.8. The highest BCUT2D eigenvalue weighted by Gasteiger charge is 2.74. The minimum Gasteiger partial charge on any atom is -0.431 e. The van der Waals surface area contributed by atoms with E-state index in [9.17, 15) is 30.0 Å². The third kappa shape index (κ3) is 2.55. The molecule has 1 aromatic rings. The van der Waals surface area contributed by atoms with Gasteiger partial charge >= 0.3 is 5.63 Å². The Morgan fingerprint density at radius 3 is 2.45 bits per heavy atom. The average Bonchev–Trinajstić information content (AvgIpc) is 3.00. The molecule has 1 aromatic heterocycles. The molecule has 31 heavy (non-hydrogen) atoms. The molecule has 0 amide bonds. The van der Waals surface area contributed by atoms with Gasteiger partial charge in [-0.1, -0.05) is 6.92 Å². The molecule has 0 saturated heterocycles. The summed E-state index contributed by atoms with van der Waals surface area (Å²) in [5.41, 5.74) is -3.07. The molecule has 4 saturated carbocycles. The summed E-state index contributed by atoms with van der Waals surface area (Å²) in [6.07, 6.45) is 1.72. The maximum Gasteiger partial charge on any atom is 0.335 e. The molecule has 0 bridgehead atoms. The standard InChI is InChI=1S/C24H32O7/c1-22-13(9-14(25)10-17(22)26)4-5-16-19(22)20(28)21(29)23(2)15(7-8-24(16,23)30)12-3-6-18(27)31-11-12/h3,6,11,13-17,19-20,25-26,28,30H,4-5,7-10H2,1-2H3. The number of Topliss-reactive ketones (excluding diaryl/α,β-unsaturated/α-hetero) is 1. The Kier molecular flexibility index (Phi) is 4.63. The molecule has 4 aliphatic carbocycles. The number of carbonyl (C=O) groups excluding carboxylic acids is 1. The lowest BCUT2D eigenvalue weighted by molar-refractivity contribution is -0.246. The first-order chi connectivity index (χ1) is 14.5. The van der Waals surface area contributed by atoms with Gasteiger partial charge in [-0.3, -0.25) is 4.79 Å². The molecular formula is C24H32O7. The molecule has 5 rings (SSSR count). The molecule has 7 heteroatoms. The van der Waals surface area contributed by atoms with Gasteiger partial charge in [-0.15, -0.1) is 0 Å². The minimum absolute atomic E-state index is 0.0106. The fraction of sp³-hybridized carbons (Fsp3) is 0.750. The van der Waals surface area contributed by atoms with Gasteiger partial charge in [0.2, 0.25) is 0 Å². The van der Waals surface area contributed by atoms with Crippen LogP contribution in [0, 0.1) is 28.6 Å². The summed E-state index contributed by atoms with van der Waals surface area (Å²) < 4.78 is 5.04. The lowest BCUT2D eigenvalue weighted by Gasteiger charge is -2.64. The van der Waals surface area contributed by atoms with Crippen LogP contribution in [0.3, 0.4) is 0 Å². The molecule has 4 N–H and O–H groups in total. The zero-order chi connectivity index (χ0) is 22.3. The lowest BCUT2D eigenvalue weighted by atomic mass is 9.41. The number of carbonyl (C=O) groups is 1. The number of aliphatic hydroxyl groups is 4. The van der Waals surface area contributed by atoms with Crippen molar-refractivity contribution < 1.29 is 29.6 Å². The van der Waals surface area contributed by atoms with Crippen molar-refractivity contribution in [1.29, 1.82) is 0 Å². The molecule has 0 aliphatic heterocycles. The van der Waals surface area contributed by atoms with E-state index < -0.39 is 52.1 Å². The van der Waals surface area contributed by atoms with E-state index >= 15 is 0 Å². The third-order valence-electron chi connectivity index (χ3n) is 9.90. The normalized spacial score (nSPS) is 51.7. The summed E-state index contributed by atoms with van der Waals surface area (Å²) in [6, 6.07) is 2.96. The van der Waals surface area contributed by atoms with Gasteiger partial charge in [-0.2, -0.15) is 0 Å². The van der Waals surface area contributed by atoms with Gasteiger partial charge in [-0.25, -0.2) is 4.79 Å². The van der Waals surface area contributed by atoms with E-state index in [1.807, 2.05) is 6.92 Å². The summed E-state index contributed by atoms with van der Waals surface area (Å²) >= 11 is 0. The van der Waals surface area contributed by atoms with Crippen LogP contribution in [0.25, 0.3) is 0 Å². The zero-order valence-corrected chi connectivity index (χ0v) is 18.0. The Labute approximate surface area is 181 Å². The van der Waals surface area contributed by atoms with E-state index in [-0.39, 0.29) is 24.2 Å². The summed E-state index contributed by atoms with van der Waals surface area (Å²) in [6.45, 7) is 3.67. The van der Waals surface area contributed by atoms with E-state index in [1.165, 1.54) is 12.3 Å². The van der Waals surface area contributed by atoms with Crippen LogP contribution in [0.5, 0.6) is 0 Å². The highest BCUT2D eigenvalue weighted by Crippen LogP contribution is 2.69. The zero-order valence-electron chi connectivity index (χ0n) is 18.0. The lowest BCUT2D eigenvalue weighted by Crippen LogP contribution is -2.72. The average molecular weight is 433 g/mol. The van der Waals surface area contributed by atoms with Gasteiger partial charge in [0.05, 0.1) is 29.5 Å². The van der Waals surface area contributed by atoms with Crippen LogP contribution < -0.4 is 5.63 Å². The Bertz CT molecular complexity index is 937. The second kappa shape index (κ2) is 6.73. The second-order valence-corrected chi connectivity index (χ2v) is 10.8. The number of ketones is 1. The monoisotopic (exact) mass is 432 g/mol. The van der Waals surface area contributed by atoms with Crippen LogP contribution in [-0.2, 0) is 4.79 Å². The summed E-state index contributed by atoms with van der Waals surface area (Å²) in [7, 11) is 0. The predicted molar refractivity (Wildman–Crippen MR) is 110 cm³/mol. The molecule has 1 heterocycles. The number of rotatable bonds is 1. The summed E-state index contributed by atoms with van der Waals surface area (Å²) in [4.78, 5) is 25.2. The van der Waals surface area contributed by atoms with Crippen molar-refractivity contribution in [2.75, 3.05) is 0 Å². The van der Waals surface area contributed by atoms with Gasteiger partial charge < -0.3 is 24.8 Å². The molecular weight excluding hydrogens is 400 g/mol. The van der Waals surface area contributed by atoms with E-state index in [4.69, 9.17) is 4.42 Å². The van der Waals surface area contributed by atoms with Crippen molar-refractivity contribution in [3.63, 3.8) is 0 Å². The predicted octanol–water partition coefficient (Wildman–Crippen LogP) is 1.36. The van der Waals surface area contributed by atoms with Crippen LogP contribution in [0.4, 0.5) is 0 Å².